The number of halogens is 2. The summed E-state index contributed by atoms with van der Waals surface area (Å²) < 4.78 is 1.79. The van der Waals surface area contributed by atoms with Crippen LogP contribution in [0, 0.1) is 10.1 Å². The van der Waals surface area contributed by atoms with E-state index in [1.807, 2.05) is 6.07 Å². The Hall–Kier alpha value is -1.31. The van der Waals surface area contributed by atoms with Crippen LogP contribution in [0.2, 0.25) is 0 Å². The molecule has 0 fully saturated rings. The van der Waals surface area contributed by atoms with Gasteiger partial charge in [0.1, 0.15) is 0 Å². The van der Waals surface area contributed by atoms with Gasteiger partial charge in [0.2, 0.25) is 0 Å². The summed E-state index contributed by atoms with van der Waals surface area (Å²) in [6, 6.07) is 8.61. The quantitative estimate of drug-likeness (QED) is 0.612. The van der Waals surface area contributed by atoms with Crippen molar-refractivity contribution in [1.29, 1.82) is 0 Å². The number of para-hydroxylation sites is 1. The minimum atomic E-state index is -0.370. The number of hydrogen-bond acceptors (Lipinski definition) is 4. The van der Waals surface area contributed by atoms with Gasteiger partial charge >= 0.3 is 0 Å². The SMILES string of the molecule is O=[N+]([O-])c1ccccc1CNCc1ncc(Br)cc1Br. The number of rotatable bonds is 5. The fourth-order valence-corrected chi connectivity index (χ4v) is 2.85. The molecule has 1 aromatic heterocycles. The summed E-state index contributed by atoms with van der Waals surface area (Å²) in [7, 11) is 0. The summed E-state index contributed by atoms with van der Waals surface area (Å²) in [6.45, 7) is 0.946. The molecule has 0 saturated heterocycles. The smallest absolute Gasteiger partial charge is 0.273 e. The largest absolute Gasteiger partial charge is 0.307 e. The number of nitrogens with zero attached hydrogens (tertiary/aromatic N) is 2. The lowest BCUT2D eigenvalue weighted by molar-refractivity contribution is -0.385. The van der Waals surface area contributed by atoms with Gasteiger partial charge in [-0.15, -0.1) is 0 Å². The van der Waals surface area contributed by atoms with Gasteiger partial charge in [0.05, 0.1) is 10.6 Å². The molecule has 0 aliphatic rings. The molecule has 0 radical (unpaired) electrons. The van der Waals surface area contributed by atoms with Crippen molar-refractivity contribution in [2.75, 3.05) is 0 Å². The van der Waals surface area contributed by atoms with E-state index >= 15 is 0 Å². The predicted octanol–water partition coefficient (Wildman–Crippen LogP) is 3.80. The Kier molecular flexibility index (Phi) is 5.22. The third-order valence-electron chi connectivity index (χ3n) is 2.68. The normalized spacial score (nSPS) is 10.5. The van der Waals surface area contributed by atoms with Crippen LogP contribution in [0.1, 0.15) is 11.3 Å². The Labute approximate surface area is 132 Å². The van der Waals surface area contributed by atoms with Crippen LogP contribution in [-0.2, 0) is 13.1 Å². The van der Waals surface area contributed by atoms with Crippen molar-refractivity contribution in [3.63, 3.8) is 0 Å². The van der Waals surface area contributed by atoms with Gasteiger partial charge in [0, 0.05) is 39.9 Å². The van der Waals surface area contributed by atoms with Crippen molar-refractivity contribution in [3.8, 4) is 0 Å². The second-order valence-electron chi connectivity index (χ2n) is 4.07. The maximum Gasteiger partial charge on any atom is 0.273 e. The molecule has 1 heterocycles. The summed E-state index contributed by atoms with van der Waals surface area (Å²) in [4.78, 5) is 14.8. The molecule has 0 aliphatic carbocycles. The van der Waals surface area contributed by atoms with Crippen molar-refractivity contribution in [2.45, 2.75) is 13.1 Å². The van der Waals surface area contributed by atoms with Crippen LogP contribution in [0.5, 0.6) is 0 Å². The first kappa shape index (κ1) is 15.1. The molecule has 7 heteroatoms. The second kappa shape index (κ2) is 6.92. The Morgan fingerprint density at radius 1 is 1.25 bits per heavy atom. The molecule has 0 unspecified atom stereocenters. The second-order valence-corrected chi connectivity index (χ2v) is 5.84. The molecular weight excluding hydrogens is 390 g/mol. The van der Waals surface area contributed by atoms with Crippen LogP contribution in [-0.4, -0.2) is 9.91 Å². The standard InChI is InChI=1S/C13H11Br2N3O2/c14-10-5-11(15)12(17-7-10)8-16-6-9-3-1-2-4-13(9)18(19)20/h1-5,7,16H,6,8H2. The third kappa shape index (κ3) is 3.84. The van der Waals surface area contributed by atoms with Crippen molar-refractivity contribution >= 4 is 37.5 Å². The molecule has 0 bridgehead atoms. The number of hydrogen-bond donors (Lipinski definition) is 1. The molecule has 104 valence electrons. The Balaban J connectivity index is 2.01. The van der Waals surface area contributed by atoms with Crippen molar-refractivity contribution in [2.24, 2.45) is 0 Å². The molecule has 20 heavy (non-hydrogen) atoms. The van der Waals surface area contributed by atoms with E-state index in [9.17, 15) is 10.1 Å². The first-order chi connectivity index (χ1) is 9.58. The molecule has 1 aromatic carbocycles. The lowest BCUT2D eigenvalue weighted by Crippen LogP contribution is -2.15. The molecule has 5 nitrogen and oxygen atoms in total. The van der Waals surface area contributed by atoms with Gasteiger partial charge in [-0.1, -0.05) is 18.2 Å². The molecule has 0 amide bonds. The van der Waals surface area contributed by atoms with Crippen LogP contribution >= 0.6 is 31.9 Å². The van der Waals surface area contributed by atoms with Gasteiger partial charge in [0.15, 0.2) is 0 Å². The number of pyridine rings is 1. The number of benzene rings is 1. The Morgan fingerprint density at radius 2 is 2.00 bits per heavy atom. The average molecular weight is 401 g/mol. The maximum atomic E-state index is 10.9. The van der Waals surface area contributed by atoms with E-state index in [-0.39, 0.29) is 10.6 Å². The van der Waals surface area contributed by atoms with Crippen LogP contribution in [0.15, 0.2) is 45.5 Å². The van der Waals surface area contributed by atoms with Crippen molar-refractivity contribution < 1.29 is 4.92 Å². The molecule has 2 aromatic rings. The fraction of sp³-hybridized carbons (Fsp3) is 0.154. The topological polar surface area (TPSA) is 68.1 Å². The highest BCUT2D eigenvalue weighted by Crippen LogP contribution is 2.20. The van der Waals surface area contributed by atoms with Crippen LogP contribution in [0.25, 0.3) is 0 Å². The molecular formula is C13H11Br2N3O2. The predicted molar refractivity (Wildman–Crippen MR) is 83.3 cm³/mol. The third-order valence-corrected chi connectivity index (χ3v) is 3.80. The first-order valence-corrected chi connectivity index (χ1v) is 7.39. The zero-order chi connectivity index (χ0) is 14.5. The first-order valence-electron chi connectivity index (χ1n) is 5.81. The van der Waals surface area contributed by atoms with E-state index in [2.05, 4.69) is 42.2 Å². The maximum absolute atomic E-state index is 10.9. The molecule has 1 N–H and O–H groups in total. The van der Waals surface area contributed by atoms with Crippen molar-refractivity contribution in [1.82, 2.24) is 10.3 Å². The fourth-order valence-electron chi connectivity index (χ4n) is 1.73. The summed E-state index contributed by atoms with van der Waals surface area (Å²) >= 11 is 6.77. The monoisotopic (exact) mass is 399 g/mol. The van der Waals surface area contributed by atoms with Gasteiger partial charge < -0.3 is 5.32 Å². The number of nitrogens with one attached hydrogen (secondary N) is 1. The zero-order valence-electron chi connectivity index (χ0n) is 10.3. The van der Waals surface area contributed by atoms with Crippen LogP contribution in [0.4, 0.5) is 5.69 Å². The van der Waals surface area contributed by atoms with E-state index < -0.39 is 0 Å². The van der Waals surface area contributed by atoms with Gasteiger partial charge in [-0.3, -0.25) is 15.1 Å². The lowest BCUT2D eigenvalue weighted by Gasteiger charge is -2.07. The van der Waals surface area contributed by atoms with Crippen LogP contribution < -0.4 is 5.32 Å². The summed E-state index contributed by atoms with van der Waals surface area (Å²) in [5.74, 6) is 0. The van der Waals surface area contributed by atoms with Gasteiger partial charge in [0.25, 0.3) is 5.69 Å². The molecule has 0 spiro atoms. The Bertz CT molecular complexity index is 635. The minimum absolute atomic E-state index is 0.128. The summed E-state index contributed by atoms with van der Waals surface area (Å²) in [5, 5.41) is 14.1. The molecule has 2 rings (SSSR count). The number of aromatic nitrogens is 1. The summed E-state index contributed by atoms with van der Waals surface area (Å²) in [5.41, 5.74) is 1.64. The highest BCUT2D eigenvalue weighted by Gasteiger charge is 2.11. The van der Waals surface area contributed by atoms with Crippen LogP contribution in [0.3, 0.4) is 0 Å². The van der Waals surface area contributed by atoms with Gasteiger partial charge in [-0.25, -0.2) is 0 Å². The lowest BCUT2D eigenvalue weighted by atomic mass is 10.2. The number of nitro benzene ring substituents is 1. The Morgan fingerprint density at radius 3 is 2.70 bits per heavy atom. The molecule has 0 aliphatic heterocycles. The van der Waals surface area contributed by atoms with Crippen molar-refractivity contribution in [3.05, 3.63) is 66.8 Å². The molecule has 0 saturated carbocycles. The number of nitro groups is 1. The zero-order valence-corrected chi connectivity index (χ0v) is 13.5. The van der Waals surface area contributed by atoms with E-state index in [1.165, 1.54) is 6.07 Å². The van der Waals surface area contributed by atoms with E-state index in [1.54, 1.807) is 24.4 Å². The highest BCUT2D eigenvalue weighted by molar-refractivity contribution is 9.11. The average Bonchev–Trinajstić information content (AvgIpc) is 2.41. The highest BCUT2D eigenvalue weighted by atomic mass is 79.9. The van der Waals surface area contributed by atoms with E-state index in [4.69, 9.17) is 0 Å². The van der Waals surface area contributed by atoms with Gasteiger partial charge in [-0.05, 0) is 37.9 Å². The summed E-state index contributed by atoms with van der Waals surface area (Å²) in [6.07, 6.45) is 1.72. The van der Waals surface area contributed by atoms with E-state index in [0.717, 1.165) is 14.6 Å². The molecule has 0 atom stereocenters. The minimum Gasteiger partial charge on any atom is -0.307 e. The van der Waals surface area contributed by atoms with Gasteiger partial charge in [-0.2, -0.15) is 0 Å². The van der Waals surface area contributed by atoms with E-state index in [0.29, 0.717) is 18.7 Å².